The van der Waals surface area contributed by atoms with Crippen molar-refractivity contribution in [2.24, 2.45) is 0 Å². The smallest absolute Gasteiger partial charge is 0.265 e. The van der Waals surface area contributed by atoms with Crippen molar-refractivity contribution in [3.8, 4) is 0 Å². The average Bonchev–Trinajstić information content (AvgIpc) is 2.44. The summed E-state index contributed by atoms with van der Waals surface area (Å²) in [6, 6.07) is 9.81. The fraction of sp³-hybridized carbons (Fsp3) is 0.0714. The molecule has 3 aromatic rings. The first kappa shape index (κ1) is 12.7. The number of rotatable bonds is 2. The van der Waals surface area contributed by atoms with Gasteiger partial charge in [-0.1, -0.05) is 12.1 Å². The third-order valence-electron chi connectivity index (χ3n) is 3.01. The van der Waals surface area contributed by atoms with Crippen LogP contribution in [0.1, 0.15) is 5.69 Å². The fourth-order valence-corrected chi connectivity index (χ4v) is 2.31. The topological polar surface area (TPSA) is 50.7 Å². The Morgan fingerprint density at radius 1 is 1.25 bits per heavy atom. The second-order valence-corrected chi connectivity index (χ2v) is 4.69. The van der Waals surface area contributed by atoms with Gasteiger partial charge in [0, 0.05) is 6.20 Å². The molecule has 0 radical (unpaired) electrons. The van der Waals surface area contributed by atoms with Crippen molar-refractivity contribution in [2.75, 3.05) is 0 Å². The summed E-state index contributed by atoms with van der Waals surface area (Å²) in [4.78, 5) is 19.4. The normalized spacial score (nSPS) is 10.8. The van der Waals surface area contributed by atoms with Crippen LogP contribution in [0.4, 0.5) is 4.39 Å². The van der Waals surface area contributed by atoms with Crippen LogP contribution in [0.5, 0.6) is 0 Å². The van der Waals surface area contributed by atoms with E-state index in [9.17, 15) is 9.18 Å². The minimum atomic E-state index is -0.562. The molecule has 1 N–H and O–H groups in total. The lowest BCUT2D eigenvalue weighted by atomic mass is 10.2. The van der Waals surface area contributed by atoms with E-state index in [1.807, 2.05) is 6.07 Å². The van der Waals surface area contributed by atoms with Crippen LogP contribution in [0.15, 0.2) is 47.4 Å². The van der Waals surface area contributed by atoms with Crippen LogP contribution >= 0.6 is 12.2 Å². The molecule has 1 aromatic carbocycles. The molecule has 0 aliphatic rings. The molecule has 0 amide bonds. The Balaban J connectivity index is 2.24. The molecule has 0 saturated carbocycles. The second-order valence-electron chi connectivity index (χ2n) is 4.30. The third-order valence-corrected chi connectivity index (χ3v) is 3.33. The average molecular weight is 287 g/mol. The van der Waals surface area contributed by atoms with E-state index in [4.69, 9.17) is 12.2 Å². The van der Waals surface area contributed by atoms with Crippen LogP contribution in [0, 0.1) is 10.6 Å². The van der Waals surface area contributed by atoms with Gasteiger partial charge in [0.2, 0.25) is 0 Å². The second kappa shape index (κ2) is 4.97. The first-order valence-corrected chi connectivity index (χ1v) is 6.39. The van der Waals surface area contributed by atoms with E-state index in [-0.39, 0.29) is 16.7 Å². The number of benzene rings is 1. The predicted molar refractivity (Wildman–Crippen MR) is 76.7 cm³/mol. The Kier molecular flexibility index (Phi) is 3.15. The molecule has 0 aliphatic carbocycles. The maximum absolute atomic E-state index is 13.8. The molecule has 20 heavy (non-hydrogen) atoms. The van der Waals surface area contributed by atoms with Crippen LogP contribution in [0.25, 0.3) is 10.9 Å². The van der Waals surface area contributed by atoms with Crippen molar-refractivity contribution < 1.29 is 4.39 Å². The number of hydrogen-bond acceptors (Lipinski definition) is 3. The van der Waals surface area contributed by atoms with Gasteiger partial charge in [-0.05, 0) is 36.5 Å². The first-order valence-electron chi connectivity index (χ1n) is 5.98. The van der Waals surface area contributed by atoms with Gasteiger partial charge in [0.1, 0.15) is 5.82 Å². The highest BCUT2D eigenvalue weighted by atomic mass is 32.1. The largest absolute Gasteiger partial charge is 0.331 e. The summed E-state index contributed by atoms with van der Waals surface area (Å²) in [5.74, 6) is -0.562. The predicted octanol–water partition coefficient (Wildman–Crippen LogP) is 2.64. The van der Waals surface area contributed by atoms with Gasteiger partial charge in [-0.3, -0.25) is 14.3 Å². The first-order chi connectivity index (χ1) is 9.66. The zero-order valence-electron chi connectivity index (χ0n) is 10.3. The molecule has 0 saturated heterocycles. The molecule has 100 valence electrons. The number of aromatic amines is 1. The third kappa shape index (κ3) is 2.14. The molecule has 3 rings (SSSR count). The quantitative estimate of drug-likeness (QED) is 0.737. The van der Waals surface area contributed by atoms with Crippen LogP contribution < -0.4 is 5.56 Å². The van der Waals surface area contributed by atoms with Gasteiger partial charge in [-0.15, -0.1) is 0 Å². The molecular formula is C14H10FN3OS. The highest BCUT2D eigenvalue weighted by Crippen LogP contribution is 2.11. The molecule has 0 spiro atoms. The highest BCUT2D eigenvalue weighted by Gasteiger charge is 2.10. The van der Waals surface area contributed by atoms with Gasteiger partial charge in [0.05, 0.1) is 23.1 Å². The minimum absolute atomic E-state index is 0.0111. The number of halogens is 1. The molecule has 2 aromatic heterocycles. The lowest BCUT2D eigenvalue weighted by Gasteiger charge is -2.08. The molecule has 0 bridgehead atoms. The maximum atomic E-state index is 13.8. The molecule has 0 unspecified atom stereocenters. The van der Waals surface area contributed by atoms with Crippen LogP contribution in [0.2, 0.25) is 0 Å². The Morgan fingerprint density at radius 3 is 2.85 bits per heavy atom. The summed E-state index contributed by atoms with van der Waals surface area (Å²) in [6.07, 6.45) is 1.63. The standard InChI is InChI=1S/C14H10FN3OS/c15-10-5-3-6-11-12(10)13(19)18(14(20)17-11)8-9-4-1-2-7-16-9/h1-7H,8H2,(H,17,20). The van der Waals surface area contributed by atoms with Gasteiger partial charge in [-0.2, -0.15) is 0 Å². The van der Waals surface area contributed by atoms with Crippen molar-refractivity contribution in [2.45, 2.75) is 6.54 Å². The lowest BCUT2D eigenvalue weighted by molar-refractivity contribution is 0.632. The van der Waals surface area contributed by atoms with Crippen LogP contribution in [0.3, 0.4) is 0 Å². The lowest BCUT2D eigenvalue weighted by Crippen LogP contribution is -2.24. The zero-order chi connectivity index (χ0) is 14.1. The Labute approximate surface area is 118 Å². The van der Waals surface area contributed by atoms with Crippen molar-refractivity contribution in [3.05, 3.63) is 69.2 Å². The number of aromatic nitrogens is 3. The molecule has 0 atom stereocenters. The Morgan fingerprint density at radius 2 is 2.10 bits per heavy atom. The van der Waals surface area contributed by atoms with Crippen LogP contribution in [-0.4, -0.2) is 14.5 Å². The van der Waals surface area contributed by atoms with Gasteiger partial charge in [0.15, 0.2) is 4.77 Å². The molecule has 0 aliphatic heterocycles. The number of pyridine rings is 1. The number of H-pyrrole nitrogens is 1. The Bertz CT molecular complexity index is 886. The number of nitrogens with zero attached hydrogens (tertiary/aromatic N) is 2. The summed E-state index contributed by atoms with van der Waals surface area (Å²) < 4.78 is 15.4. The monoisotopic (exact) mass is 287 g/mol. The number of hydrogen-bond donors (Lipinski definition) is 1. The SMILES string of the molecule is O=c1c2c(F)cccc2[nH]c(=S)n1Cc1ccccn1. The van der Waals surface area contributed by atoms with Crippen molar-refractivity contribution >= 4 is 23.1 Å². The molecular weight excluding hydrogens is 277 g/mol. The van der Waals surface area contributed by atoms with E-state index in [1.54, 1.807) is 24.4 Å². The van der Waals surface area contributed by atoms with Crippen molar-refractivity contribution in [1.82, 2.24) is 14.5 Å². The summed E-state index contributed by atoms with van der Waals surface area (Å²) in [6.45, 7) is 0.208. The van der Waals surface area contributed by atoms with Crippen molar-refractivity contribution in [3.63, 3.8) is 0 Å². The summed E-state index contributed by atoms with van der Waals surface area (Å²) in [7, 11) is 0. The number of nitrogens with one attached hydrogen (secondary N) is 1. The van der Waals surface area contributed by atoms with E-state index in [0.717, 1.165) is 0 Å². The summed E-state index contributed by atoms with van der Waals surface area (Å²) in [5.41, 5.74) is 0.634. The van der Waals surface area contributed by atoms with E-state index >= 15 is 0 Å². The van der Waals surface area contributed by atoms with E-state index < -0.39 is 11.4 Å². The van der Waals surface area contributed by atoms with E-state index in [2.05, 4.69) is 9.97 Å². The Hall–Kier alpha value is -2.34. The van der Waals surface area contributed by atoms with E-state index in [1.165, 1.54) is 16.7 Å². The molecule has 2 heterocycles. The fourth-order valence-electron chi connectivity index (χ4n) is 2.05. The van der Waals surface area contributed by atoms with Gasteiger partial charge in [-0.25, -0.2) is 4.39 Å². The zero-order valence-corrected chi connectivity index (χ0v) is 11.2. The van der Waals surface area contributed by atoms with Gasteiger partial charge >= 0.3 is 0 Å². The van der Waals surface area contributed by atoms with Gasteiger partial charge in [0.25, 0.3) is 5.56 Å². The van der Waals surface area contributed by atoms with Crippen molar-refractivity contribution in [1.29, 1.82) is 0 Å². The highest BCUT2D eigenvalue weighted by molar-refractivity contribution is 7.71. The van der Waals surface area contributed by atoms with Crippen LogP contribution in [-0.2, 0) is 6.54 Å². The van der Waals surface area contributed by atoms with Gasteiger partial charge < -0.3 is 4.98 Å². The molecule has 6 heteroatoms. The molecule has 0 fully saturated rings. The maximum Gasteiger partial charge on any atom is 0.265 e. The molecule has 4 nitrogen and oxygen atoms in total. The number of fused-ring (bicyclic) bond motifs is 1. The summed E-state index contributed by atoms with van der Waals surface area (Å²) in [5, 5.41) is 0.0111. The minimum Gasteiger partial charge on any atom is -0.331 e. The summed E-state index contributed by atoms with van der Waals surface area (Å²) >= 11 is 5.17. The van der Waals surface area contributed by atoms with E-state index in [0.29, 0.717) is 11.2 Å².